The molecule has 0 fully saturated rings. The molecule has 4 rings (SSSR count). The van der Waals surface area contributed by atoms with Crippen molar-refractivity contribution in [2.45, 2.75) is 6.92 Å². The summed E-state index contributed by atoms with van der Waals surface area (Å²) in [6, 6.07) is 18.7. The molecule has 128 valence electrons. The lowest BCUT2D eigenvalue weighted by Gasteiger charge is -2.03. The van der Waals surface area contributed by atoms with Crippen LogP contribution in [0.25, 0.3) is 16.8 Å². The van der Waals surface area contributed by atoms with Gasteiger partial charge in [0, 0.05) is 17.4 Å². The minimum absolute atomic E-state index is 0.236. The van der Waals surface area contributed by atoms with Crippen LogP contribution in [0.15, 0.2) is 66.9 Å². The predicted molar refractivity (Wildman–Crippen MR) is 99.8 cm³/mol. The van der Waals surface area contributed by atoms with Gasteiger partial charge in [-0.2, -0.15) is 4.98 Å². The summed E-state index contributed by atoms with van der Waals surface area (Å²) in [5.41, 5.74) is 4.98. The fourth-order valence-corrected chi connectivity index (χ4v) is 2.82. The van der Waals surface area contributed by atoms with Gasteiger partial charge in [-0.15, -0.1) is 5.10 Å². The first-order valence-electron chi connectivity index (χ1n) is 8.13. The number of aromatic carboxylic acids is 1. The zero-order valence-corrected chi connectivity index (χ0v) is 14.0. The fraction of sp³-hybridized carbons (Fsp3) is 0.0500. The number of rotatable bonds is 4. The highest BCUT2D eigenvalue weighted by Crippen LogP contribution is 2.25. The van der Waals surface area contributed by atoms with Gasteiger partial charge in [0.05, 0.1) is 5.56 Å². The van der Waals surface area contributed by atoms with E-state index < -0.39 is 5.97 Å². The monoisotopic (exact) mass is 344 g/mol. The maximum Gasteiger partial charge on any atom is 0.335 e. The van der Waals surface area contributed by atoms with E-state index in [0.29, 0.717) is 5.95 Å². The number of carboxylic acids is 1. The minimum atomic E-state index is -0.954. The second-order valence-electron chi connectivity index (χ2n) is 6.00. The first kappa shape index (κ1) is 15.8. The van der Waals surface area contributed by atoms with Gasteiger partial charge in [0.2, 0.25) is 5.95 Å². The van der Waals surface area contributed by atoms with Gasteiger partial charge in [0.1, 0.15) is 0 Å². The van der Waals surface area contributed by atoms with Crippen LogP contribution in [0.4, 0.5) is 11.6 Å². The van der Waals surface area contributed by atoms with Crippen LogP contribution in [-0.2, 0) is 0 Å². The Morgan fingerprint density at radius 2 is 1.88 bits per heavy atom. The molecule has 0 saturated carbocycles. The third-order valence-corrected chi connectivity index (χ3v) is 4.08. The van der Waals surface area contributed by atoms with E-state index in [0.717, 1.165) is 22.5 Å². The largest absolute Gasteiger partial charge is 0.478 e. The normalized spacial score (nSPS) is 10.8. The van der Waals surface area contributed by atoms with E-state index in [1.807, 2.05) is 24.4 Å². The highest BCUT2D eigenvalue weighted by atomic mass is 16.4. The number of carboxylic acid groups (broad SMARTS) is 1. The number of hydrogen-bond acceptors (Lipinski definition) is 4. The molecule has 6 heteroatoms. The Morgan fingerprint density at radius 1 is 1.08 bits per heavy atom. The molecule has 2 aromatic heterocycles. The van der Waals surface area contributed by atoms with Gasteiger partial charge in [-0.1, -0.05) is 29.8 Å². The fourth-order valence-electron chi connectivity index (χ4n) is 2.82. The third-order valence-electron chi connectivity index (χ3n) is 4.08. The number of aryl methyl sites for hydroxylation is 1. The van der Waals surface area contributed by atoms with Gasteiger partial charge in [-0.3, -0.25) is 0 Å². The molecule has 0 aliphatic carbocycles. The van der Waals surface area contributed by atoms with Crippen LogP contribution in [0.5, 0.6) is 0 Å². The molecule has 6 nitrogen and oxygen atoms in total. The third kappa shape index (κ3) is 3.00. The lowest BCUT2D eigenvalue weighted by molar-refractivity contribution is 0.0697. The molecular formula is C20H16N4O2. The topological polar surface area (TPSA) is 79.5 Å². The van der Waals surface area contributed by atoms with Crippen LogP contribution in [0.3, 0.4) is 0 Å². The Labute approximate surface area is 149 Å². The van der Waals surface area contributed by atoms with Crippen molar-refractivity contribution < 1.29 is 9.90 Å². The van der Waals surface area contributed by atoms with E-state index in [1.165, 1.54) is 5.56 Å². The van der Waals surface area contributed by atoms with Crippen molar-refractivity contribution in [3.05, 3.63) is 78.0 Å². The number of benzene rings is 2. The Kier molecular flexibility index (Phi) is 3.85. The molecule has 0 radical (unpaired) electrons. The van der Waals surface area contributed by atoms with Crippen LogP contribution in [-0.4, -0.2) is 25.7 Å². The Balaban J connectivity index is 1.69. The lowest BCUT2D eigenvalue weighted by atomic mass is 10.1. The Bertz CT molecular complexity index is 1100. The van der Waals surface area contributed by atoms with Crippen molar-refractivity contribution in [3.63, 3.8) is 0 Å². The second kappa shape index (κ2) is 6.33. The number of aromatic nitrogens is 3. The number of nitrogens with zero attached hydrogens (tertiary/aromatic N) is 3. The Morgan fingerprint density at radius 3 is 2.62 bits per heavy atom. The van der Waals surface area contributed by atoms with Crippen LogP contribution >= 0.6 is 0 Å². The van der Waals surface area contributed by atoms with Crippen molar-refractivity contribution in [3.8, 4) is 11.1 Å². The van der Waals surface area contributed by atoms with Gasteiger partial charge < -0.3 is 10.4 Å². The molecule has 2 N–H and O–H groups in total. The van der Waals surface area contributed by atoms with E-state index in [-0.39, 0.29) is 5.56 Å². The van der Waals surface area contributed by atoms with Crippen molar-refractivity contribution in [2.75, 3.05) is 5.32 Å². The predicted octanol–water partition coefficient (Wildman–Crippen LogP) is 4.15. The molecule has 0 saturated heterocycles. The number of pyridine rings is 1. The van der Waals surface area contributed by atoms with Crippen LogP contribution in [0.2, 0.25) is 0 Å². The van der Waals surface area contributed by atoms with Crippen molar-refractivity contribution >= 4 is 23.3 Å². The van der Waals surface area contributed by atoms with Crippen molar-refractivity contribution in [1.82, 2.24) is 14.6 Å². The highest BCUT2D eigenvalue weighted by Gasteiger charge is 2.10. The molecule has 0 spiro atoms. The standard InChI is InChI=1S/C20H16N4O2/c1-13-4-2-5-15(12-13)17-6-3-11-24-18(17)22-20(23-24)21-16-9-7-14(8-10-16)19(25)26/h2-12H,1H3,(H,21,23)(H,25,26). The molecule has 2 aromatic carbocycles. The molecule has 0 aliphatic heterocycles. The van der Waals surface area contributed by atoms with E-state index in [1.54, 1.807) is 28.8 Å². The van der Waals surface area contributed by atoms with Gasteiger partial charge in [0.25, 0.3) is 0 Å². The molecule has 0 amide bonds. The van der Waals surface area contributed by atoms with Gasteiger partial charge in [-0.05, 0) is 48.9 Å². The Hall–Kier alpha value is -3.67. The van der Waals surface area contributed by atoms with E-state index in [2.05, 4.69) is 40.5 Å². The molecule has 4 aromatic rings. The summed E-state index contributed by atoms with van der Waals surface area (Å²) in [5.74, 6) is -0.502. The van der Waals surface area contributed by atoms with Gasteiger partial charge in [0.15, 0.2) is 5.65 Å². The van der Waals surface area contributed by atoms with Crippen LogP contribution < -0.4 is 5.32 Å². The van der Waals surface area contributed by atoms with E-state index >= 15 is 0 Å². The zero-order chi connectivity index (χ0) is 18.1. The summed E-state index contributed by atoms with van der Waals surface area (Å²) in [4.78, 5) is 15.5. The number of anilines is 2. The van der Waals surface area contributed by atoms with E-state index in [4.69, 9.17) is 5.11 Å². The molecule has 0 bridgehead atoms. The zero-order valence-electron chi connectivity index (χ0n) is 14.0. The maximum absolute atomic E-state index is 10.9. The molecule has 0 atom stereocenters. The first-order chi connectivity index (χ1) is 12.6. The summed E-state index contributed by atoms with van der Waals surface area (Å²) in [5, 5.41) is 16.5. The summed E-state index contributed by atoms with van der Waals surface area (Å²) in [7, 11) is 0. The summed E-state index contributed by atoms with van der Waals surface area (Å²) < 4.78 is 1.73. The molecule has 0 aliphatic rings. The maximum atomic E-state index is 10.9. The summed E-state index contributed by atoms with van der Waals surface area (Å²) in [6.07, 6.45) is 1.85. The quantitative estimate of drug-likeness (QED) is 0.581. The first-order valence-corrected chi connectivity index (χ1v) is 8.13. The lowest BCUT2D eigenvalue weighted by Crippen LogP contribution is -1.97. The highest BCUT2D eigenvalue weighted by molar-refractivity contribution is 5.88. The summed E-state index contributed by atoms with van der Waals surface area (Å²) >= 11 is 0. The van der Waals surface area contributed by atoms with Crippen LogP contribution in [0, 0.1) is 6.92 Å². The average Bonchev–Trinajstić information content (AvgIpc) is 3.04. The van der Waals surface area contributed by atoms with Crippen molar-refractivity contribution in [1.29, 1.82) is 0 Å². The molecule has 0 unspecified atom stereocenters. The van der Waals surface area contributed by atoms with Gasteiger partial charge >= 0.3 is 5.97 Å². The molecule has 26 heavy (non-hydrogen) atoms. The number of carbonyl (C=O) groups is 1. The molecule has 2 heterocycles. The van der Waals surface area contributed by atoms with E-state index in [9.17, 15) is 4.79 Å². The summed E-state index contributed by atoms with van der Waals surface area (Å²) in [6.45, 7) is 2.06. The number of nitrogens with one attached hydrogen (secondary N) is 1. The van der Waals surface area contributed by atoms with Crippen LogP contribution in [0.1, 0.15) is 15.9 Å². The number of fused-ring (bicyclic) bond motifs is 1. The minimum Gasteiger partial charge on any atom is -0.478 e. The SMILES string of the molecule is Cc1cccc(-c2cccn3nc(Nc4ccc(C(=O)O)cc4)nc23)c1. The molecular weight excluding hydrogens is 328 g/mol. The smallest absolute Gasteiger partial charge is 0.335 e. The number of hydrogen-bond donors (Lipinski definition) is 2. The average molecular weight is 344 g/mol. The van der Waals surface area contributed by atoms with Gasteiger partial charge in [-0.25, -0.2) is 9.31 Å². The second-order valence-corrected chi connectivity index (χ2v) is 6.00. The van der Waals surface area contributed by atoms with Crippen molar-refractivity contribution in [2.24, 2.45) is 0 Å².